The van der Waals surface area contributed by atoms with Crippen LogP contribution in [0.1, 0.15) is 76.5 Å². The largest absolute Gasteiger partial charge is 0.507 e. The van der Waals surface area contributed by atoms with Crippen LogP contribution in [0.25, 0.3) is 5.76 Å². The molecule has 2 heterocycles. The van der Waals surface area contributed by atoms with E-state index in [0.29, 0.717) is 29.2 Å². The van der Waals surface area contributed by atoms with Gasteiger partial charge in [0.25, 0.3) is 5.78 Å². The third-order valence-electron chi connectivity index (χ3n) is 6.71. The highest BCUT2D eigenvalue weighted by atomic mass is 32.1. The van der Waals surface area contributed by atoms with Crippen LogP contribution in [-0.2, 0) is 19.1 Å². The lowest BCUT2D eigenvalue weighted by molar-refractivity contribution is -0.132. The fraction of sp³-hybridized carbons (Fsp3) is 0.344. The molecule has 1 atom stereocenters. The Balaban J connectivity index is 1.80. The van der Waals surface area contributed by atoms with Gasteiger partial charge < -0.3 is 19.3 Å². The van der Waals surface area contributed by atoms with Crippen molar-refractivity contribution < 1.29 is 38.5 Å². The number of amides is 1. The number of aliphatic hydroxyl groups excluding tert-OH is 1. The number of hydrogen-bond donors (Lipinski definition) is 1. The predicted octanol–water partition coefficient (Wildman–Crippen LogP) is 5.86. The van der Waals surface area contributed by atoms with Gasteiger partial charge in [-0.05, 0) is 61.2 Å². The number of ketones is 1. The van der Waals surface area contributed by atoms with Crippen LogP contribution in [-0.4, -0.2) is 54.0 Å². The Kier molecular flexibility index (Phi) is 9.97. The van der Waals surface area contributed by atoms with Crippen LogP contribution >= 0.6 is 11.3 Å². The number of ether oxygens (including phenoxy) is 3. The maximum Gasteiger partial charge on any atom is 0.350 e. The molecule has 11 heteroatoms. The molecule has 0 bridgehead atoms. The molecular weight excluding hydrogens is 572 g/mol. The molecule has 1 amide bonds. The monoisotopic (exact) mass is 606 g/mol. The topological polar surface area (TPSA) is 132 Å². The van der Waals surface area contributed by atoms with Crippen LogP contribution in [0.4, 0.5) is 5.13 Å². The van der Waals surface area contributed by atoms with Gasteiger partial charge in [0, 0.05) is 5.56 Å². The summed E-state index contributed by atoms with van der Waals surface area (Å²) in [5, 5.41) is 11.5. The van der Waals surface area contributed by atoms with Gasteiger partial charge in [-0.1, -0.05) is 50.7 Å². The average Bonchev–Trinajstić information content (AvgIpc) is 3.51. The summed E-state index contributed by atoms with van der Waals surface area (Å²) in [6.07, 6.45) is 1.88. The standard InChI is InChI=1S/C32H34N2O8S/c1-6-7-16-41-23-14-12-21(13-15-23)26(35)24-25(20-8-10-22(11-9-20)30(38)40-5)34(29(37)27(24)36)32-33-19(4)28(43-32)31(39)42-17-18(2)3/h8-15,18,25,35H,6-7,16-17H2,1-5H3/b26-24+. The third kappa shape index (κ3) is 6.77. The molecule has 2 aromatic carbocycles. The summed E-state index contributed by atoms with van der Waals surface area (Å²) < 4.78 is 15.9. The van der Waals surface area contributed by atoms with E-state index in [1.807, 2.05) is 13.8 Å². The summed E-state index contributed by atoms with van der Waals surface area (Å²) in [6, 6.07) is 11.6. The number of carbonyl (C=O) groups is 4. The van der Waals surface area contributed by atoms with Crippen molar-refractivity contribution in [2.75, 3.05) is 25.2 Å². The minimum absolute atomic E-state index is 0.0943. The van der Waals surface area contributed by atoms with Gasteiger partial charge in [0.2, 0.25) is 0 Å². The number of benzene rings is 2. The van der Waals surface area contributed by atoms with Crippen LogP contribution < -0.4 is 9.64 Å². The van der Waals surface area contributed by atoms with E-state index in [1.165, 1.54) is 24.1 Å². The number of anilines is 1. The lowest BCUT2D eigenvalue weighted by Gasteiger charge is -2.23. The quantitative estimate of drug-likeness (QED) is 0.0937. The highest BCUT2D eigenvalue weighted by Gasteiger charge is 2.48. The molecule has 1 unspecified atom stereocenters. The van der Waals surface area contributed by atoms with Crippen molar-refractivity contribution >= 4 is 45.9 Å². The zero-order valence-electron chi connectivity index (χ0n) is 24.7. The molecule has 3 aromatic rings. The Morgan fingerprint density at radius 3 is 2.28 bits per heavy atom. The predicted molar refractivity (Wildman–Crippen MR) is 161 cm³/mol. The minimum Gasteiger partial charge on any atom is -0.507 e. The summed E-state index contributed by atoms with van der Waals surface area (Å²) in [6.45, 7) is 8.27. The van der Waals surface area contributed by atoms with E-state index in [2.05, 4.69) is 11.9 Å². The van der Waals surface area contributed by atoms with Crippen molar-refractivity contribution in [1.82, 2.24) is 4.98 Å². The van der Waals surface area contributed by atoms with E-state index >= 15 is 0 Å². The number of nitrogens with zero attached hydrogens (tertiary/aromatic N) is 2. The number of carbonyl (C=O) groups excluding carboxylic acids is 4. The number of esters is 2. The second-order valence-electron chi connectivity index (χ2n) is 10.4. The van der Waals surface area contributed by atoms with Crippen molar-refractivity contribution in [2.45, 2.75) is 46.6 Å². The van der Waals surface area contributed by atoms with Crippen molar-refractivity contribution in [1.29, 1.82) is 0 Å². The summed E-state index contributed by atoms with van der Waals surface area (Å²) >= 11 is 0.926. The smallest absolute Gasteiger partial charge is 0.350 e. The van der Waals surface area contributed by atoms with Crippen molar-refractivity contribution in [2.24, 2.45) is 5.92 Å². The lowest BCUT2D eigenvalue weighted by atomic mass is 9.94. The van der Waals surface area contributed by atoms with Gasteiger partial charge in [-0.25, -0.2) is 14.6 Å². The molecule has 1 saturated heterocycles. The average molecular weight is 607 g/mol. The molecular formula is C32H34N2O8S. The van der Waals surface area contributed by atoms with Gasteiger partial charge in [0.15, 0.2) is 5.13 Å². The molecule has 43 heavy (non-hydrogen) atoms. The molecule has 10 nitrogen and oxygen atoms in total. The molecule has 1 N–H and O–H groups in total. The lowest BCUT2D eigenvalue weighted by Crippen LogP contribution is -2.29. The Bertz CT molecular complexity index is 1540. The summed E-state index contributed by atoms with van der Waals surface area (Å²) in [7, 11) is 1.26. The maximum absolute atomic E-state index is 13.6. The van der Waals surface area contributed by atoms with Gasteiger partial charge in [0.1, 0.15) is 16.4 Å². The highest BCUT2D eigenvalue weighted by Crippen LogP contribution is 2.44. The molecule has 1 aliphatic rings. The molecule has 1 aliphatic heterocycles. The molecule has 0 saturated carbocycles. The van der Waals surface area contributed by atoms with E-state index in [0.717, 1.165) is 24.2 Å². The Hall–Kier alpha value is -4.51. The van der Waals surface area contributed by atoms with Crippen LogP contribution in [0.2, 0.25) is 0 Å². The number of aromatic nitrogens is 1. The fourth-order valence-corrected chi connectivity index (χ4v) is 5.43. The van der Waals surface area contributed by atoms with E-state index < -0.39 is 29.7 Å². The summed E-state index contributed by atoms with van der Waals surface area (Å²) in [5.74, 6) is -2.62. The fourth-order valence-electron chi connectivity index (χ4n) is 4.45. The molecule has 0 spiro atoms. The van der Waals surface area contributed by atoms with Crippen LogP contribution in [0.5, 0.6) is 5.75 Å². The summed E-state index contributed by atoms with van der Waals surface area (Å²) in [4.78, 5) is 57.7. The number of hydrogen-bond acceptors (Lipinski definition) is 10. The first-order valence-electron chi connectivity index (χ1n) is 13.9. The Labute approximate surface area is 253 Å². The number of rotatable bonds is 11. The van der Waals surface area contributed by atoms with Gasteiger partial charge in [-0.2, -0.15) is 0 Å². The zero-order chi connectivity index (χ0) is 31.3. The van der Waals surface area contributed by atoms with E-state index in [4.69, 9.17) is 14.2 Å². The number of aryl methyl sites for hydroxylation is 1. The Morgan fingerprint density at radius 2 is 1.67 bits per heavy atom. The molecule has 226 valence electrons. The highest BCUT2D eigenvalue weighted by molar-refractivity contribution is 7.17. The third-order valence-corrected chi connectivity index (χ3v) is 7.85. The normalized spacial score (nSPS) is 16.0. The van der Waals surface area contributed by atoms with Crippen LogP contribution in [0.3, 0.4) is 0 Å². The SMILES string of the molecule is CCCCOc1ccc(/C(O)=C2\C(=O)C(=O)N(c3nc(C)c(C(=O)OCC(C)C)s3)C2c2ccc(C(=O)OC)cc2)cc1. The number of Topliss-reactive ketones (excluding diaryl/α,β-unsaturated/α-hetero) is 1. The second kappa shape index (κ2) is 13.6. The van der Waals surface area contributed by atoms with Gasteiger partial charge >= 0.3 is 17.8 Å². The van der Waals surface area contributed by atoms with Crippen molar-refractivity contribution in [3.63, 3.8) is 0 Å². The number of methoxy groups -OCH3 is 1. The molecule has 0 radical (unpaired) electrons. The first-order valence-corrected chi connectivity index (χ1v) is 14.8. The van der Waals surface area contributed by atoms with Gasteiger partial charge in [-0.3, -0.25) is 14.5 Å². The van der Waals surface area contributed by atoms with E-state index in [9.17, 15) is 24.3 Å². The van der Waals surface area contributed by atoms with Crippen molar-refractivity contribution in [3.8, 4) is 5.75 Å². The van der Waals surface area contributed by atoms with E-state index in [-0.39, 0.29) is 39.4 Å². The Morgan fingerprint density at radius 1 is 1.02 bits per heavy atom. The minimum atomic E-state index is -1.10. The van der Waals surface area contributed by atoms with Gasteiger partial charge in [-0.15, -0.1) is 0 Å². The molecule has 1 fully saturated rings. The molecule has 4 rings (SSSR count). The van der Waals surface area contributed by atoms with E-state index in [1.54, 1.807) is 43.3 Å². The zero-order valence-corrected chi connectivity index (χ0v) is 25.5. The van der Waals surface area contributed by atoms with Gasteiger partial charge in [0.05, 0.1) is 43.2 Å². The molecule has 1 aromatic heterocycles. The molecule has 0 aliphatic carbocycles. The van der Waals surface area contributed by atoms with Crippen LogP contribution in [0, 0.1) is 12.8 Å². The van der Waals surface area contributed by atoms with Crippen LogP contribution in [0.15, 0.2) is 54.1 Å². The maximum atomic E-state index is 13.6. The second-order valence-corrected chi connectivity index (χ2v) is 11.4. The number of thiazole rings is 1. The first kappa shape index (κ1) is 31.4. The summed E-state index contributed by atoms with van der Waals surface area (Å²) in [5.41, 5.74) is 1.19. The number of unbranched alkanes of at least 4 members (excludes halogenated alkanes) is 1. The first-order chi connectivity index (χ1) is 20.6. The number of aliphatic hydroxyl groups is 1. The van der Waals surface area contributed by atoms with Crippen molar-refractivity contribution in [3.05, 3.63) is 81.4 Å².